The zero-order chi connectivity index (χ0) is 20.8. The molecule has 0 aromatic heterocycles. The summed E-state index contributed by atoms with van der Waals surface area (Å²) in [4.78, 5) is 36.0. The molecule has 4 fully saturated rings. The van der Waals surface area contributed by atoms with E-state index in [1.54, 1.807) is 12.2 Å². The lowest BCUT2D eigenvalue weighted by atomic mass is 9.47. The number of allylic oxidation sites excluding steroid dienone is 2. The monoisotopic (exact) mass is 400 g/mol. The Morgan fingerprint density at radius 3 is 2.76 bits per heavy atom. The van der Waals surface area contributed by atoms with Crippen LogP contribution in [0.4, 0.5) is 0 Å². The molecule has 0 amide bonds. The summed E-state index contributed by atoms with van der Waals surface area (Å²) >= 11 is 0. The second kappa shape index (κ2) is 5.67. The van der Waals surface area contributed by atoms with E-state index in [1.807, 2.05) is 13.0 Å². The number of fused-ring (bicyclic) bond motifs is 3. The number of Topliss-reactive ketones (excluding diaryl/α,β-unsaturated/α-hetero) is 1. The van der Waals surface area contributed by atoms with Gasteiger partial charge in [0, 0.05) is 17.8 Å². The summed E-state index contributed by atoms with van der Waals surface area (Å²) in [5.74, 6) is -0.514. The zero-order valence-electron chi connectivity index (χ0n) is 17.2. The van der Waals surface area contributed by atoms with Gasteiger partial charge >= 0.3 is 5.97 Å². The highest BCUT2D eigenvalue weighted by molar-refractivity contribution is 6.01. The van der Waals surface area contributed by atoms with Crippen LogP contribution in [0.2, 0.25) is 0 Å². The van der Waals surface area contributed by atoms with Gasteiger partial charge in [-0.05, 0) is 63.0 Å². The molecule has 1 saturated heterocycles. The molecule has 0 aromatic rings. The number of carbonyl (C=O) groups excluding carboxylic acids is 3. The second-order valence-electron chi connectivity index (χ2n) is 9.98. The van der Waals surface area contributed by atoms with Gasteiger partial charge in [-0.2, -0.15) is 0 Å². The van der Waals surface area contributed by atoms with Gasteiger partial charge < -0.3 is 14.6 Å². The van der Waals surface area contributed by atoms with Crippen LogP contribution >= 0.6 is 0 Å². The van der Waals surface area contributed by atoms with Gasteiger partial charge in [-0.3, -0.25) is 14.4 Å². The maximum Gasteiger partial charge on any atom is 0.303 e. The smallest absolute Gasteiger partial charge is 0.303 e. The molecule has 6 nitrogen and oxygen atoms in total. The fourth-order valence-electron chi connectivity index (χ4n) is 7.40. The van der Waals surface area contributed by atoms with E-state index in [0.717, 1.165) is 24.8 Å². The van der Waals surface area contributed by atoms with E-state index in [4.69, 9.17) is 9.47 Å². The minimum absolute atomic E-state index is 0.0384. The van der Waals surface area contributed by atoms with Gasteiger partial charge in [0.05, 0.1) is 6.10 Å². The Morgan fingerprint density at radius 1 is 1.28 bits per heavy atom. The molecule has 156 valence electrons. The number of esters is 1. The Labute approximate surface area is 170 Å². The van der Waals surface area contributed by atoms with Crippen LogP contribution in [0.25, 0.3) is 0 Å². The van der Waals surface area contributed by atoms with Crippen molar-refractivity contribution < 1.29 is 29.0 Å². The molecule has 1 heterocycles. The van der Waals surface area contributed by atoms with Crippen molar-refractivity contribution >= 4 is 17.5 Å². The Bertz CT molecular complexity index is 888. The number of hydrogen-bond acceptors (Lipinski definition) is 6. The second-order valence-corrected chi connectivity index (χ2v) is 9.98. The molecule has 0 unspecified atom stereocenters. The van der Waals surface area contributed by atoms with E-state index < -0.39 is 22.8 Å². The average Bonchev–Trinajstić information content (AvgIpc) is 3.32. The number of ether oxygens (including phenoxy) is 2. The topological polar surface area (TPSA) is 93.2 Å². The van der Waals surface area contributed by atoms with Crippen LogP contribution in [0.15, 0.2) is 23.8 Å². The summed E-state index contributed by atoms with van der Waals surface area (Å²) in [6.07, 6.45) is 8.86. The third-order valence-electron chi connectivity index (χ3n) is 8.95. The van der Waals surface area contributed by atoms with Crippen molar-refractivity contribution in [2.24, 2.45) is 22.7 Å². The summed E-state index contributed by atoms with van der Waals surface area (Å²) in [5, 5.41) is 11.5. The fourth-order valence-corrected chi connectivity index (χ4v) is 7.40. The lowest BCUT2D eigenvalue weighted by molar-refractivity contribution is -0.165. The third-order valence-corrected chi connectivity index (χ3v) is 8.95. The maximum atomic E-state index is 12.9. The molecular formula is C23H28O6. The minimum atomic E-state index is -1.50. The highest BCUT2D eigenvalue weighted by Gasteiger charge is 2.81. The van der Waals surface area contributed by atoms with Gasteiger partial charge in [0.25, 0.3) is 0 Å². The van der Waals surface area contributed by atoms with E-state index in [9.17, 15) is 19.5 Å². The Kier molecular flexibility index (Phi) is 3.75. The quantitative estimate of drug-likeness (QED) is 0.577. The minimum Gasteiger partial charge on any atom is -0.458 e. The van der Waals surface area contributed by atoms with E-state index in [-0.39, 0.29) is 41.3 Å². The van der Waals surface area contributed by atoms with Gasteiger partial charge in [0.2, 0.25) is 5.78 Å². The molecule has 29 heavy (non-hydrogen) atoms. The molecule has 5 aliphatic rings. The summed E-state index contributed by atoms with van der Waals surface area (Å²) < 4.78 is 11.4. The van der Waals surface area contributed by atoms with Crippen LogP contribution in [0, 0.1) is 22.7 Å². The first-order valence-corrected chi connectivity index (χ1v) is 10.6. The van der Waals surface area contributed by atoms with E-state index in [1.165, 1.54) is 6.92 Å². The van der Waals surface area contributed by atoms with Crippen molar-refractivity contribution in [1.82, 2.24) is 0 Å². The molecule has 1 aliphatic heterocycles. The molecule has 1 spiro atoms. The van der Waals surface area contributed by atoms with E-state index >= 15 is 0 Å². The van der Waals surface area contributed by atoms with Crippen molar-refractivity contribution in [3.63, 3.8) is 0 Å². The number of aliphatic hydroxyl groups is 1. The first-order chi connectivity index (χ1) is 13.6. The highest BCUT2D eigenvalue weighted by atomic mass is 16.6. The van der Waals surface area contributed by atoms with Crippen LogP contribution in [-0.2, 0) is 23.9 Å². The number of ketones is 2. The van der Waals surface area contributed by atoms with Gasteiger partial charge in [0.1, 0.15) is 11.2 Å². The Morgan fingerprint density at radius 2 is 2.03 bits per heavy atom. The van der Waals surface area contributed by atoms with Crippen LogP contribution < -0.4 is 0 Å². The predicted octanol–water partition coefficient (Wildman–Crippen LogP) is 2.29. The lowest BCUT2D eigenvalue weighted by Crippen LogP contribution is -2.61. The first-order valence-electron chi connectivity index (χ1n) is 10.6. The van der Waals surface area contributed by atoms with Crippen LogP contribution in [0.3, 0.4) is 0 Å². The van der Waals surface area contributed by atoms with Crippen molar-refractivity contribution in [3.05, 3.63) is 23.8 Å². The third kappa shape index (κ3) is 2.17. The maximum absolute atomic E-state index is 12.9. The summed E-state index contributed by atoms with van der Waals surface area (Å²) in [6, 6.07) is 0. The highest BCUT2D eigenvalue weighted by Crippen LogP contribution is 2.75. The van der Waals surface area contributed by atoms with E-state index in [0.29, 0.717) is 12.8 Å². The molecule has 7 atom stereocenters. The largest absolute Gasteiger partial charge is 0.458 e. The molecule has 5 rings (SSSR count). The van der Waals surface area contributed by atoms with E-state index in [2.05, 4.69) is 6.92 Å². The van der Waals surface area contributed by atoms with Gasteiger partial charge in [0.15, 0.2) is 12.4 Å². The molecule has 6 heteroatoms. The van der Waals surface area contributed by atoms with Crippen molar-refractivity contribution in [2.75, 3.05) is 6.61 Å². The molecule has 0 bridgehead atoms. The number of hydrogen-bond donors (Lipinski definition) is 1. The lowest BCUT2D eigenvalue weighted by Gasteiger charge is -2.55. The number of epoxide rings is 1. The first kappa shape index (κ1) is 19.2. The fraction of sp³-hybridized carbons (Fsp3) is 0.696. The Hall–Kier alpha value is -1.79. The zero-order valence-corrected chi connectivity index (χ0v) is 17.2. The molecule has 4 aliphatic carbocycles. The Balaban J connectivity index is 1.49. The normalized spacial score (nSPS) is 49.3. The van der Waals surface area contributed by atoms with Crippen LogP contribution in [0.5, 0.6) is 0 Å². The molecular weight excluding hydrogens is 372 g/mol. The molecule has 0 radical (unpaired) electrons. The molecule has 0 aromatic carbocycles. The van der Waals surface area contributed by atoms with Gasteiger partial charge in [-0.25, -0.2) is 0 Å². The summed E-state index contributed by atoms with van der Waals surface area (Å²) in [5.41, 5.74) is -1.61. The number of carbonyl (C=O) groups is 3. The van der Waals surface area contributed by atoms with Crippen LogP contribution in [0.1, 0.15) is 52.9 Å². The SMILES string of the molecule is CC(=O)OCC(=O)[C@]1(O)CC[C@@H]2[C@H]3CCC4=CC(=O)C=C[C@]4(C)[C@@]34O[C@@H]4C[C@]21C. The predicted molar refractivity (Wildman–Crippen MR) is 103 cm³/mol. The van der Waals surface area contributed by atoms with Crippen LogP contribution in [-0.4, -0.2) is 46.6 Å². The standard InChI is InChI=1S/C23H28O6/c1-13(24)28-12-18(26)22(27)9-7-16-17-5-4-14-10-15(25)6-8-20(14,2)23(17)19(29-23)11-21(16,22)3/h6,8,10,16-17,19,27H,4-5,7,9,11-12H2,1-3H3/t16-,17-,19-,20+,21-,22-,23-/m1/s1. The molecule has 1 N–H and O–H groups in total. The average molecular weight is 400 g/mol. The van der Waals surface area contributed by atoms with Crippen molar-refractivity contribution in [3.8, 4) is 0 Å². The van der Waals surface area contributed by atoms with Crippen molar-refractivity contribution in [2.45, 2.75) is 70.2 Å². The summed E-state index contributed by atoms with van der Waals surface area (Å²) in [6.45, 7) is 5.06. The van der Waals surface area contributed by atoms with Gasteiger partial charge in [-0.1, -0.05) is 18.6 Å². The van der Waals surface area contributed by atoms with Crippen molar-refractivity contribution in [1.29, 1.82) is 0 Å². The summed E-state index contributed by atoms with van der Waals surface area (Å²) in [7, 11) is 0. The molecule has 3 saturated carbocycles. The number of rotatable bonds is 3. The van der Waals surface area contributed by atoms with Gasteiger partial charge in [-0.15, -0.1) is 0 Å².